The van der Waals surface area contributed by atoms with Crippen LogP contribution >= 0.6 is 0 Å². The molecule has 0 spiro atoms. The van der Waals surface area contributed by atoms with Crippen LogP contribution in [0.15, 0.2) is 36.5 Å². The van der Waals surface area contributed by atoms with Crippen molar-refractivity contribution in [2.45, 2.75) is 38.6 Å². The molecule has 1 fully saturated rings. The summed E-state index contributed by atoms with van der Waals surface area (Å²) in [7, 11) is 0. The zero-order chi connectivity index (χ0) is 13.2. The molecule has 0 aliphatic heterocycles. The Morgan fingerprint density at radius 2 is 2.11 bits per heavy atom. The van der Waals surface area contributed by atoms with Gasteiger partial charge in [-0.2, -0.15) is 0 Å². The number of pyridine rings is 1. The van der Waals surface area contributed by atoms with Gasteiger partial charge in [-0.05, 0) is 48.9 Å². The lowest BCUT2D eigenvalue weighted by Crippen LogP contribution is -2.36. The van der Waals surface area contributed by atoms with Crippen LogP contribution in [0.25, 0.3) is 10.9 Å². The monoisotopic (exact) mass is 254 g/mol. The predicted molar refractivity (Wildman–Crippen MR) is 80.3 cm³/mol. The number of hydrogen-bond acceptors (Lipinski definition) is 2. The lowest BCUT2D eigenvalue weighted by atomic mass is 9.70. The number of benzene rings is 1. The van der Waals surface area contributed by atoms with Gasteiger partial charge in [-0.25, -0.2) is 0 Å². The highest BCUT2D eigenvalue weighted by Gasteiger charge is 2.32. The van der Waals surface area contributed by atoms with Gasteiger partial charge in [0.05, 0.1) is 5.52 Å². The minimum Gasteiger partial charge on any atom is -0.314 e. The lowest BCUT2D eigenvalue weighted by Gasteiger charge is -2.37. The van der Waals surface area contributed by atoms with Crippen LogP contribution in [0.3, 0.4) is 0 Å². The van der Waals surface area contributed by atoms with Gasteiger partial charge >= 0.3 is 0 Å². The SMILES string of the molecule is CC(C)NCC1CCC1c1cnc2ccccc2c1. The Kier molecular flexibility index (Phi) is 3.52. The second-order valence-electron chi connectivity index (χ2n) is 5.97. The van der Waals surface area contributed by atoms with E-state index in [9.17, 15) is 0 Å². The van der Waals surface area contributed by atoms with E-state index in [0.29, 0.717) is 12.0 Å². The molecule has 0 bridgehead atoms. The Hall–Kier alpha value is -1.41. The lowest BCUT2D eigenvalue weighted by molar-refractivity contribution is 0.240. The number of aromatic nitrogens is 1. The summed E-state index contributed by atoms with van der Waals surface area (Å²) in [6, 6.07) is 11.3. The molecule has 1 aliphatic rings. The maximum Gasteiger partial charge on any atom is 0.0702 e. The third-order valence-electron chi connectivity index (χ3n) is 4.25. The fourth-order valence-electron chi connectivity index (χ4n) is 2.93. The van der Waals surface area contributed by atoms with Crippen LogP contribution < -0.4 is 5.32 Å². The molecular weight excluding hydrogens is 232 g/mol. The molecule has 1 aromatic heterocycles. The van der Waals surface area contributed by atoms with Crippen LogP contribution in [0.5, 0.6) is 0 Å². The molecule has 100 valence electrons. The van der Waals surface area contributed by atoms with Gasteiger partial charge in [-0.15, -0.1) is 0 Å². The number of rotatable bonds is 4. The number of nitrogens with one attached hydrogen (secondary N) is 1. The molecule has 1 saturated carbocycles. The van der Waals surface area contributed by atoms with Gasteiger partial charge in [0.2, 0.25) is 0 Å². The first kappa shape index (κ1) is 12.6. The van der Waals surface area contributed by atoms with E-state index in [2.05, 4.69) is 54.6 Å². The number of hydrogen-bond donors (Lipinski definition) is 1. The molecule has 1 heterocycles. The normalized spacial score (nSPS) is 22.7. The fourth-order valence-corrected chi connectivity index (χ4v) is 2.93. The van der Waals surface area contributed by atoms with Crippen molar-refractivity contribution in [3.63, 3.8) is 0 Å². The summed E-state index contributed by atoms with van der Waals surface area (Å²) in [5.41, 5.74) is 2.52. The van der Waals surface area contributed by atoms with Gasteiger partial charge in [-0.3, -0.25) is 4.98 Å². The van der Waals surface area contributed by atoms with Crippen molar-refractivity contribution in [1.29, 1.82) is 0 Å². The quantitative estimate of drug-likeness (QED) is 0.899. The van der Waals surface area contributed by atoms with Crippen molar-refractivity contribution in [2.75, 3.05) is 6.54 Å². The molecule has 2 unspecified atom stereocenters. The maximum absolute atomic E-state index is 4.59. The molecule has 0 radical (unpaired) electrons. The van der Waals surface area contributed by atoms with E-state index >= 15 is 0 Å². The first-order valence-electron chi connectivity index (χ1n) is 7.32. The van der Waals surface area contributed by atoms with Crippen molar-refractivity contribution in [2.24, 2.45) is 5.92 Å². The summed E-state index contributed by atoms with van der Waals surface area (Å²) < 4.78 is 0. The Morgan fingerprint density at radius 1 is 1.26 bits per heavy atom. The van der Waals surface area contributed by atoms with Gasteiger partial charge in [0.1, 0.15) is 0 Å². The molecule has 2 aromatic rings. The molecule has 2 heteroatoms. The summed E-state index contributed by atoms with van der Waals surface area (Å²) in [5, 5.41) is 4.83. The first-order chi connectivity index (χ1) is 9.24. The molecule has 2 atom stereocenters. The Morgan fingerprint density at radius 3 is 2.84 bits per heavy atom. The third kappa shape index (κ3) is 2.64. The minimum absolute atomic E-state index is 0.580. The second kappa shape index (κ2) is 5.30. The van der Waals surface area contributed by atoms with Crippen LogP contribution in [0.1, 0.15) is 38.2 Å². The van der Waals surface area contributed by atoms with Crippen molar-refractivity contribution in [1.82, 2.24) is 10.3 Å². The van der Waals surface area contributed by atoms with Crippen LogP contribution in [-0.2, 0) is 0 Å². The molecular formula is C17H22N2. The van der Waals surface area contributed by atoms with Gasteiger partial charge in [0.15, 0.2) is 0 Å². The number of nitrogens with zero attached hydrogens (tertiary/aromatic N) is 1. The summed E-state index contributed by atoms with van der Waals surface area (Å²) >= 11 is 0. The molecule has 1 N–H and O–H groups in total. The van der Waals surface area contributed by atoms with E-state index in [1.54, 1.807) is 0 Å². The predicted octanol–water partition coefficient (Wildman–Crippen LogP) is 3.73. The van der Waals surface area contributed by atoms with Crippen LogP contribution in [0, 0.1) is 5.92 Å². The van der Waals surface area contributed by atoms with Crippen molar-refractivity contribution < 1.29 is 0 Å². The molecule has 0 saturated heterocycles. The Labute approximate surface area is 115 Å². The van der Waals surface area contributed by atoms with Crippen molar-refractivity contribution in [3.8, 4) is 0 Å². The molecule has 2 nitrogen and oxygen atoms in total. The van der Waals surface area contributed by atoms with Gasteiger partial charge < -0.3 is 5.32 Å². The van der Waals surface area contributed by atoms with E-state index in [-0.39, 0.29) is 0 Å². The largest absolute Gasteiger partial charge is 0.314 e. The zero-order valence-electron chi connectivity index (χ0n) is 11.8. The zero-order valence-corrected chi connectivity index (χ0v) is 11.8. The summed E-state index contributed by atoms with van der Waals surface area (Å²) in [5.74, 6) is 1.48. The Balaban J connectivity index is 1.76. The molecule has 3 rings (SSSR count). The summed E-state index contributed by atoms with van der Waals surface area (Å²) in [6.07, 6.45) is 4.73. The fraction of sp³-hybridized carbons (Fsp3) is 0.471. The van der Waals surface area contributed by atoms with Gasteiger partial charge in [0, 0.05) is 17.6 Å². The average molecular weight is 254 g/mol. The molecule has 1 aliphatic carbocycles. The molecule has 1 aromatic carbocycles. The van der Waals surface area contributed by atoms with Gasteiger partial charge in [0.25, 0.3) is 0 Å². The highest BCUT2D eigenvalue weighted by atomic mass is 14.9. The topological polar surface area (TPSA) is 24.9 Å². The van der Waals surface area contributed by atoms with E-state index in [4.69, 9.17) is 0 Å². The Bertz CT molecular complexity index is 562. The second-order valence-corrected chi connectivity index (χ2v) is 5.97. The van der Waals surface area contributed by atoms with E-state index in [0.717, 1.165) is 18.0 Å². The van der Waals surface area contributed by atoms with E-state index in [1.807, 2.05) is 6.07 Å². The standard InChI is InChI=1S/C17H22N2/c1-12(2)18-10-14-7-8-16(14)15-9-13-5-3-4-6-17(13)19-11-15/h3-6,9,11-12,14,16,18H,7-8,10H2,1-2H3. The first-order valence-corrected chi connectivity index (χ1v) is 7.32. The number of para-hydroxylation sites is 1. The summed E-state index contributed by atoms with van der Waals surface area (Å²) in [6.45, 7) is 5.56. The van der Waals surface area contributed by atoms with Gasteiger partial charge in [-0.1, -0.05) is 32.0 Å². The van der Waals surface area contributed by atoms with Crippen LogP contribution in [0.4, 0.5) is 0 Å². The molecule has 0 amide bonds. The van der Waals surface area contributed by atoms with Crippen molar-refractivity contribution >= 4 is 10.9 Å². The van der Waals surface area contributed by atoms with E-state index in [1.165, 1.54) is 23.8 Å². The minimum atomic E-state index is 0.580. The molecule has 19 heavy (non-hydrogen) atoms. The van der Waals surface area contributed by atoms with E-state index < -0.39 is 0 Å². The number of fused-ring (bicyclic) bond motifs is 1. The maximum atomic E-state index is 4.59. The average Bonchev–Trinajstić information content (AvgIpc) is 2.37. The summed E-state index contributed by atoms with van der Waals surface area (Å²) in [4.78, 5) is 4.59. The highest BCUT2D eigenvalue weighted by molar-refractivity contribution is 5.78. The van der Waals surface area contributed by atoms with Crippen LogP contribution in [-0.4, -0.2) is 17.6 Å². The smallest absolute Gasteiger partial charge is 0.0702 e. The van der Waals surface area contributed by atoms with Crippen LogP contribution in [0.2, 0.25) is 0 Å². The third-order valence-corrected chi connectivity index (χ3v) is 4.25. The van der Waals surface area contributed by atoms with Crippen molar-refractivity contribution in [3.05, 3.63) is 42.1 Å². The highest BCUT2D eigenvalue weighted by Crippen LogP contribution is 2.42.